The van der Waals surface area contributed by atoms with Gasteiger partial charge in [-0.1, -0.05) is 35.0 Å². The molecule has 0 aliphatic rings. The van der Waals surface area contributed by atoms with Crippen LogP contribution < -0.4 is 5.32 Å². The molecule has 4 rings (SSSR count). The number of thiophene rings is 1. The largest absolute Gasteiger partial charge is 0.344 e. The highest BCUT2D eigenvalue weighted by Crippen LogP contribution is 2.27. The predicted molar refractivity (Wildman–Crippen MR) is 114 cm³/mol. The van der Waals surface area contributed by atoms with Crippen molar-refractivity contribution in [3.8, 4) is 11.4 Å². The minimum absolute atomic E-state index is 0.134. The Bertz CT molecular complexity index is 1110. The summed E-state index contributed by atoms with van der Waals surface area (Å²) in [7, 11) is 0. The molecule has 5 nitrogen and oxygen atoms in total. The Balaban J connectivity index is 1.40. The van der Waals surface area contributed by atoms with Crippen molar-refractivity contribution < 1.29 is 13.7 Å². The zero-order valence-electron chi connectivity index (χ0n) is 15.7. The van der Waals surface area contributed by atoms with Crippen LogP contribution in [0.5, 0.6) is 0 Å². The van der Waals surface area contributed by atoms with Crippen LogP contribution in [0.2, 0.25) is 5.02 Å². The zero-order valence-corrected chi connectivity index (χ0v) is 17.3. The average Bonchev–Trinajstić information content (AvgIpc) is 3.44. The van der Waals surface area contributed by atoms with E-state index in [1.165, 1.54) is 12.1 Å². The van der Waals surface area contributed by atoms with E-state index >= 15 is 0 Å². The number of carbonyl (C=O) groups excluding carboxylic acids is 1. The Morgan fingerprint density at radius 2 is 1.90 bits per heavy atom. The molecular formula is C22H17ClFN3O2S. The quantitative estimate of drug-likeness (QED) is 0.415. The number of rotatable bonds is 7. The average molecular weight is 442 g/mol. The molecule has 152 valence electrons. The lowest BCUT2D eigenvalue weighted by Crippen LogP contribution is -2.29. The summed E-state index contributed by atoms with van der Waals surface area (Å²) < 4.78 is 18.3. The van der Waals surface area contributed by atoms with E-state index in [2.05, 4.69) is 15.5 Å². The van der Waals surface area contributed by atoms with E-state index in [9.17, 15) is 9.18 Å². The first-order valence-electron chi connectivity index (χ1n) is 9.25. The molecule has 4 aromatic rings. The highest BCUT2D eigenvalue weighted by Gasteiger charge is 2.19. The molecule has 0 fully saturated rings. The number of aromatic nitrogens is 2. The van der Waals surface area contributed by atoms with Crippen LogP contribution in [0.3, 0.4) is 0 Å². The first-order valence-corrected chi connectivity index (χ1v) is 10.5. The van der Waals surface area contributed by atoms with Crippen LogP contribution >= 0.6 is 22.9 Å². The fraction of sp³-hybridized carbons (Fsp3) is 0.136. The number of benzene rings is 2. The topological polar surface area (TPSA) is 68.0 Å². The summed E-state index contributed by atoms with van der Waals surface area (Å²) in [6, 6.07) is 16.9. The molecule has 0 aliphatic carbocycles. The number of halogens is 2. The van der Waals surface area contributed by atoms with Crippen molar-refractivity contribution in [1.29, 1.82) is 0 Å². The number of hydrogen-bond acceptors (Lipinski definition) is 5. The molecule has 2 heterocycles. The van der Waals surface area contributed by atoms with Gasteiger partial charge in [-0.05, 0) is 53.4 Å². The Labute approximate surface area is 181 Å². The zero-order chi connectivity index (χ0) is 20.9. The number of amides is 1. The summed E-state index contributed by atoms with van der Waals surface area (Å²) in [6.45, 7) is 0. The van der Waals surface area contributed by atoms with E-state index in [0.29, 0.717) is 28.7 Å². The fourth-order valence-electron chi connectivity index (χ4n) is 2.96. The highest BCUT2D eigenvalue weighted by atomic mass is 35.5. The van der Waals surface area contributed by atoms with Gasteiger partial charge >= 0.3 is 0 Å². The summed E-state index contributed by atoms with van der Waals surface area (Å²) in [5, 5.41) is 9.58. The fourth-order valence-corrected chi connectivity index (χ4v) is 3.88. The molecule has 1 amide bonds. The maximum atomic E-state index is 13.1. The summed E-state index contributed by atoms with van der Waals surface area (Å²) in [6.07, 6.45) is 0.498. The van der Waals surface area contributed by atoms with E-state index < -0.39 is 0 Å². The SMILES string of the molecule is O=C(CCc1nc(-c2ccc(F)cc2)no1)NC(c1ccc(Cl)cc1)c1cccs1. The van der Waals surface area contributed by atoms with Gasteiger partial charge in [0.25, 0.3) is 0 Å². The van der Waals surface area contributed by atoms with E-state index in [4.69, 9.17) is 16.1 Å². The van der Waals surface area contributed by atoms with E-state index in [1.807, 2.05) is 29.6 Å². The van der Waals surface area contributed by atoms with Gasteiger partial charge in [0.05, 0.1) is 6.04 Å². The van der Waals surface area contributed by atoms with Gasteiger partial charge < -0.3 is 9.84 Å². The van der Waals surface area contributed by atoms with Crippen molar-refractivity contribution in [2.45, 2.75) is 18.9 Å². The Morgan fingerprint density at radius 3 is 2.60 bits per heavy atom. The Hall–Kier alpha value is -3.03. The van der Waals surface area contributed by atoms with Gasteiger partial charge in [0.2, 0.25) is 17.6 Å². The second kappa shape index (κ2) is 9.19. The summed E-state index contributed by atoms with van der Waals surface area (Å²) in [5.74, 6) is 0.247. The van der Waals surface area contributed by atoms with Crippen molar-refractivity contribution in [3.05, 3.63) is 93.2 Å². The Morgan fingerprint density at radius 1 is 1.13 bits per heavy atom. The van der Waals surface area contributed by atoms with Gasteiger partial charge in [-0.2, -0.15) is 4.98 Å². The van der Waals surface area contributed by atoms with Crippen LogP contribution in [0.15, 0.2) is 70.6 Å². The first kappa shape index (κ1) is 20.3. The molecule has 30 heavy (non-hydrogen) atoms. The molecule has 0 saturated heterocycles. The highest BCUT2D eigenvalue weighted by molar-refractivity contribution is 7.10. The molecule has 1 atom stereocenters. The molecular weight excluding hydrogens is 425 g/mol. The molecule has 1 unspecified atom stereocenters. The van der Waals surface area contributed by atoms with E-state index in [1.54, 1.807) is 35.6 Å². The minimum Gasteiger partial charge on any atom is -0.344 e. The molecule has 0 radical (unpaired) electrons. The molecule has 8 heteroatoms. The van der Waals surface area contributed by atoms with Gasteiger partial charge in [0.15, 0.2) is 0 Å². The lowest BCUT2D eigenvalue weighted by atomic mass is 10.1. The third-order valence-electron chi connectivity index (χ3n) is 4.47. The van der Waals surface area contributed by atoms with Gasteiger partial charge in [0, 0.05) is 28.3 Å². The maximum absolute atomic E-state index is 13.1. The molecule has 2 aromatic carbocycles. The van der Waals surface area contributed by atoms with Crippen LogP contribution in [0.4, 0.5) is 4.39 Å². The van der Waals surface area contributed by atoms with Crippen molar-refractivity contribution in [2.24, 2.45) is 0 Å². The van der Waals surface area contributed by atoms with Crippen molar-refractivity contribution in [2.75, 3.05) is 0 Å². The monoisotopic (exact) mass is 441 g/mol. The van der Waals surface area contributed by atoms with Gasteiger partial charge in [-0.15, -0.1) is 11.3 Å². The molecule has 0 bridgehead atoms. The van der Waals surface area contributed by atoms with E-state index in [-0.39, 0.29) is 24.2 Å². The number of hydrogen-bond donors (Lipinski definition) is 1. The van der Waals surface area contributed by atoms with Crippen LogP contribution in [-0.2, 0) is 11.2 Å². The molecule has 2 aromatic heterocycles. The predicted octanol–water partition coefficient (Wildman–Crippen LogP) is 5.43. The van der Waals surface area contributed by atoms with Crippen LogP contribution in [0, 0.1) is 5.82 Å². The van der Waals surface area contributed by atoms with Gasteiger partial charge in [0.1, 0.15) is 5.82 Å². The van der Waals surface area contributed by atoms with Crippen molar-refractivity contribution in [1.82, 2.24) is 15.5 Å². The smallest absolute Gasteiger partial charge is 0.227 e. The normalized spacial score (nSPS) is 11.9. The molecule has 1 N–H and O–H groups in total. The summed E-state index contributed by atoms with van der Waals surface area (Å²) in [4.78, 5) is 17.9. The van der Waals surface area contributed by atoms with Crippen LogP contribution in [0.1, 0.15) is 28.8 Å². The van der Waals surface area contributed by atoms with E-state index in [0.717, 1.165) is 10.4 Å². The standard InChI is InChI=1S/C22H17ClFN3O2S/c23-16-7-3-14(4-8-16)21(18-2-1-13-30-18)25-19(28)11-12-20-26-22(27-29-20)15-5-9-17(24)10-6-15/h1-10,13,21H,11-12H2,(H,25,28). The summed E-state index contributed by atoms with van der Waals surface area (Å²) >= 11 is 7.57. The number of nitrogens with one attached hydrogen (secondary N) is 1. The van der Waals surface area contributed by atoms with Crippen LogP contribution in [0.25, 0.3) is 11.4 Å². The number of aryl methyl sites for hydroxylation is 1. The number of carbonyl (C=O) groups is 1. The third-order valence-corrected chi connectivity index (χ3v) is 5.66. The van der Waals surface area contributed by atoms with Gasteiger partial charge in [-0.3, -0.25) is 4.79 Å². The molecule has 0 aliphatic heterocycles. The first-order chi connectivity index (χ1) is 14.6. The van der Waals surface area contributed by atoms with Crippen molar-refractivity contribution >= 4 is 28.8 Å². The Kier molecular flexibility index (Phi) is 6.21. The lowest BCUT2D eigenvalue weighted by Gasteiger charge is -2.18. The van der Waals surface area contributed by atoms with Crippen molar-refractivity contribution in [3.63, 3.8) is 0 Å². The van der Waals surface area contributed by atoms with Gasteiger partial charge in [-0.25, -0.2) is 4.39 Å². The maximum Gasteiger partial charge on any atom is 0.227 e. The molecule has 0 saturated carbocycles. The minimum atomic E-state index is -0.333. The molecule has 0 spiro atoms. The second-order valence-electron chi connectivity index (χ2n) is 6.59. The third kappa shape index (κ3) is 4.93. The lowest BCUT2D eigenvalue weighted by molar-refractivity contribution is -0.121. The van der Waals surface area contributed by atoms with Crippen LogP contribution in [-0.4, -0.2) is 16.0 Å². The number of nitrogens with zero attached hydrogens (tertiary/aromatic N) is 2. The summed E-state index contributed by atoms with van der Waals surface area (Å²) in [5.41, 5.74) is 1.60. The second-order valence-corrected chi connectivity index (χ2v) is 8.00.